The van der Waals surface area contributed by atoms with E-state index in [1.807, 2.05) is 19.9 Å². The Bertz CT molecular complexity index is 788. The van der Waals surface area contributed by atoms with Crippen molar-refractivity contribution in [1.82, 2.24) is 24.8 Å². The molecular formula is C13H13N5O3. The SMILES string of the molecule is CC(C)c1noc(=O)n1Cc1nc(-c2ccccn2)no1. The first kappa shape index (κ1) is 13.2. The molecule has 8 nitrogen and oxygen atoms in total. The highest BCUT2D eigenvalue weighted by Crippen LogP contribution is 2.14. The lowest BCUT2D eigenvalue weighted by atomic mass is 10.2. The second-order valence-corrected chi connectivity index (χ2v) is 4.77. The summed E-state index contributed by atoms with van der Waals surface area (Å²) < 4.78 is 11.2. The highest BCUT2D eigenvalue weighted by Gasteiger charge is 2.17. The maximum atomic E-state index is 11.7. The molecule has 0 amide bonds. The van der Waals surface area contributed by atoms with Gasteiger partial charge in [-0.1, -0.05) is 30.2 Å². The molecule has 108 valence electrons. The molecule has 0 saturated carbocycles. The van der Waals surface area contributed by atoms with Crippen LogP contribution >= 0.6 is 0 Å². The van der Waals surface area contributed by atoms with Crippen LogP contribution in [0.5, 0.6) is 0 Å². The van der Waals surface area contributed by atoms with E-state index in [4.69, 9.17) is 4.52 Å². The maximum Gasteiger partial charge on any atom is 0.442 e. The topological polar surface area (TPSA) is 99.8 Å². The van der Waals surface area contributed by atoms with Crippen molar-refractivity contribution >= 4 is 0 Å². The van der Waals surface area contributed by atoms with Gasteiger partial charge in [-0.05, 0) is 12.1 Å². The maximum absolute atomic E-state index is 11.7. The summed E-state index contributed by atoms with van der Waals surface area (Å²) >= 11 is 0. The van der Waals surface area contributed by atoms with E-state index in [0.717, 1.165) is 0 Å². The lowest BCUT2D eigenvalue weighted by Crippen LogP contribution is -2.18. The normalized spacial score (nSPS) is 11.2. The van der Waals surface area contributed by atoms with Gasteiger partial charge < -0.3 is 4.52 Å². The number of rotatable bonds is 4. The highest BCUT2D eigenvalue weighted by atomic mass is 16.5. The monoisotopic (exact) mass is 287 g/mol. The van der Waals surface area contributed by atoms with E-state index >= 15 is 0 Å². The Labute approximate surface area is 119 Å². The first-order chi connectivity index (χ1) is 10.1. The Morgan fingerprint density at radius 1 is 1.24 bits per heavy atom. The van der Waals surface area contributed by atoms with Gasteiger partial charge in [0.15, 0.2) is 5.82 Å². The molecule has 0 fully saturated rings. The number of hydrogen-bond donors (Lipinski definition) is 0. The van der Waals surface area contributed by atoms with E-state index in [1.165, 1.54) is 4.57 Å². The molecule has 0 aliphatic rings. The molecule has 8 heteroatoms. The zero-order valence-electron chi connectivity index (χ0n) is 11.6. The van der Waals surface area contributed by atoms with Gasteiger partial charge in [0.1, 0.15) is 12.2 Å². The predicted octanol–water partition coefficient (Wildman–Crippen LogP) is 1.45. The van der Waals surface area contributed by atoms with E-state index in [2.05, 4.69) is 24.8 Å². The fraction of sp³-hybridized carbons (Fsp3) is 0.308. The fourth-order valence-electron chi connectivity index (χ4n) is 1.89. The van der Waals surface area contributed by atoms with E-state index < -0.39 is 5.76 Å². The molecular weight excluding hydrogens is 274 g/mol. The summed E-state index contributed by atoms with van der Waals surface area (Å²) in [7, 11) is 0. The molecule has 0 unspecified atom stereocenters. The largest absolute Gasteiger partial charge is 0.442 e. The summed E-state index contributed by atoms with van der Waals surface area (Å²) in [5.74, 6) is 0.715. The second-order valence-electron chi connectivity index (χ2n) is 4.77. The van der Waals surface area contributed by atoms with E-state index in [0.29, 0.717) is 23.2 Å². The number of nitrogens with zero attached hydrogens (tertiary/aromatic N) is 5. The van der Waals surface area contributed by atoms with Crippen molar-refractivity contribution in [2.24, 2.45) is 0 Å². The number of pyridine rings is 1. The molecule has 0 aromatic carbocycles. The van der Waals surface area contributed by atoms with Crippen LogP contribution in [0.25, 0.3) is 11.5 Å². The van der Waals surface area contributed by atoms with Gasteiger partial charge in [0.2, 0.25) is 11.7 Å². The summed E-state index contributed by atoms with van der Waals surface area (Å²) in [6.45, 7) is 3.96. The highest BCUT2D eigenvalue weighted by molar-refractivity contribution is 5.46. The van der Waals surface area contributed by atoms with Crippen molar-refractivity contribution in [3.8, 4) is 11.5 Å². The molecule has 21 heavy (non-hydrogen) atoms. The Hall–Kier alpha value is -2.77. The van der Waals surface area contributed by atoms with E-state index in [9.17, 15) is 4.79 Å². The van der Waals surface area contributed by atoms with Gasteiger partial charge in [-0.3, -0.25) is 14.1 Å². The average Bonchev–Trinajstić information content (AvgIpc) is 3.08. The molecule has 0 spiro atoms. The summed E-state index contributed by atoms with van der Waals surface area (Å²) in [6.07, 6.45) is 1.65. The van der Waals surface area contributed by atoms with Gasteiger partial charge in [-0.2, -0.15) is 4.98 Å². The zero-order valence-corrected chi connectivity index (χ0v) is 11.6. The van der Waals surface area contributed by atoms with Crippen molar-refractivity contribution in [1.29, 1.82) is 0 Å². The Morgan fingerprint density at radius 2 is 2.10 bits per heavy atom. The third kappa shape index (κ3) is 2.60. The van der Waals surface area contributed by atoms with Crippen LogP contribution in [-0.4, -0.2) is 24.8 Å². The van der Waals surface area contributed by atoms with Crippen molar-refractivity contribution in [3.63, 3.8) is 0 Å². The third-order valence-corrected chi connectivity index (χ3v) is 2.89. The van der Waals surface area contributed by atoms with Gasteiger partial charge in [-0.25, -0.2) is 4.79 Å². The summed E-state index contributed by atoms with van der Waals surface area (Å²) in [6, 6.07) is 5.41. The Morgan fingerprint density at radius 3 is 2.81 bits per heavy atom. The zero-order chi connectivity index (χ0) is 14.8. The van der Waals surface area contributed by atoms with Crippen LogP contribution in [0.4, 0.5) is 0 Å². The third-order valence-electron chi connectivity index (χ3n) is 2.89. The van der Waals surface area contributed by atoms with Gasteiger partial charge in [-0.15, -0.1) is 0 Å². The second kappa shape index (κ2) is 5.31. The van der Waals surface area contributed by atoms with Crippen molar-refractivity contribution in [2.75, 3.05) is 0 Å². The minimum Gasteiger partial charge on any atom is -0.337 e. The molecule has 0 atom stereocenters. The van der Waals surface area contributed by atoms with Crippen molar-refractivity contribution in [3.05, 3.63) is 46.7 Å². The molecule has 0 aliphatic heterocycles. The van der Waals surface area contributed by atoms with Crippen LogP contribution in [0.15, 0.2) is 38.2 Å². The predicted molar refractivity (Wildman–Crippen MR) is 71.5 cm³/mol. The van der Waals surface area contributed by atoms with Crippen molar-refractivity contribution < 1.29 is 9.05 Å². The minimum atomic E-state index is -0.545. The molecule has 3 rings (SSSR count). The summed E-state index contributed by atoms with van der Waals surface area (Å²) in [5.41, 5.74) is 0.606. The fourth-order valence-corrected chi connectivity index (χ4v) is 1.89. The standard InChI is InChI=1S/C13H13N5O3/c1-8(2)12-17-21-13(19)18(12)7-10-15-11(16-20-10)9-5-3-4-6-14-9/h3-6,8H,7H2,1-2H3. The van der Waals surface area contributed by atoms with E-state index in [-0.39, 0.29) is 12.5 Å². The molecule has 0 N–H and O–H groups in total. The van der Waals surface area contributed by atoms with Crippen LogP contribution in [0.2, 0.25) is 0 Å². The van der Waals surface area contributed by atoms with Gasteiger partial charge >= 0.3 is 5.76 Å². The van der Waals surface area contributed by atoms with Crippen LogP contribution < -0.4 is 5.76 Å². The summed E-state index contributed by atoms with van der Waals surface area (Å²) in [4.78, 5) is 20.0. The number of aromatic nitrogens is 5. The Kier molecular flexibility index (Phi) is 3.35. The molecule has 3 aromatic heterocycles. The molecule has 3 aromatic rings. The lowest BCUT2D eigenvalue weighted by molar-refractivity contribution is 0.354. The van der Waals surface area contributed by atoms with E-state index in [1.54, 1.807) is 18.3 Å². The minimum absolute atomic E-state index is 0.0506. The van der Waals surface area contributed by atoms with Crippen LogP contribution in [0.1, 0.15) is 31.5 Å². The first-order valence-corrected chi connectivity index (χ1v) is 6.45. The molecule has 0 radical (unpaired) electrons. The lowest BCUT2D eigenvalue weighted by Gasteiger charge is -2.03. The first-order valence-electron chi connectivity index (χ1n) is 6.45. The quantitative estimate of drug-likeness (QED) is 0.715. The van der Waals surface area contributed by atoms with Gasteiger partial charge in [0.05, 0.1) is 0 Å². The van der Waals surface area contributed by atoms with Crippen LogP contribution in [0, 0.1) is 0 Å². The smallest absolute Gasteiger partial charge is 0.337 e. The molecule has 0 aliphatic carbocycles. The average molecular weight is 287 g/mol. The van der Waals surface area contributed by atoms with Crippen LogP contribution in [0.3, 0.4) is 0 Å². The van der Waals surface area contributed by atoms with Gasteiger partial charge in [0.25, 0.3) is 0 Å². The van der Waals surface area contributed by atoms with Crippen LogP contribution in [-0.2, 0) is 6.54 Å². The number of hydrogen-bond acceptors (Lipinski definition) is 7. The molecule has 0 saturated heterocycles. The van der Waals surface area contributed by atoms with Crippen molar-refractivity contribution in [2.45, 2.75) is 26.3 Å². The van der Waals surface area contributed by atoms with Gasteiger partial charge in [0, 0.05) is 12.1 Å². The molecule has 3 heterocycles. The molecule has 0 bridgehead atoms. The summed E-state index contributed by atoms with van der Waals surface area (Å²) in [5, 5.41) is 7.61. The Balaban J connectivity index is 1.89.